The molecule has 0 aliphatic carbocycles. The Morgan fingerprint density at radius 3 is 2.45 bits per heavy atom. The highest BCUT2D eigenvalue weighted by atomic mass is 35.5. The van der Waals surface area contributed by atoms with Crippen LogP contribution in [0.4, 0.5) is 0 Å². The zero-order valence-electron chi connectivity index (χ0n) is 16.9. The molecule has 0 spiro atoms. The molecule has 156 valence electrons. The van der Waals surface area contributed by atoms with E-state index in [0.29, 0.717) is 22.8 Å². The number of halogens is 1. The van der Waals surface area contributed by atoms with E-state index in [1.165, 1.54) is 0 Å². The molecule has 29 heavy (non-hydrogen) atoms. The Kier molecular flexibility index (Phi) is 9.35. The van der Waals surface area contributed by atoms with Crippen molar-refractivity contribution < 1.29 is 19.1 Å². The van der Waals surface area contributed by atoms with Gasteiger partial charge in [0.15, 0.2) is 0 Å². The van der Waals surface area contributed by atoms with Crippen LogP contribution in [0, 0.1) is 13.8 Å². The molecule has 1 atom stereocenters. The molecule has 0 fully saturated rings. The second kappa shape index (κ2) is 11.7. The first-order valence-corrected chi connectivity index (χ1v) is 11.1. The second-order valence-electron chi connectivity index (χ2n) is 6.63. The van der Waals surface area contributed by atoms with E-state index in [1.807, 2.05) is 32.2 Å². The molecule has 0 aliphatic heterocycles. The number of hydrogen-bond donors (Lipinski definition) is 1. The quantitative estimate of drug-likeness (QED) is 0.441. The topological polar surface area (TPSA) is 64.6 Å². The smallest absolute Gasteiger partial charge is 0.328 e. The Balaban J connectivity index is 1.89. The molecule has 7 heteroatoms. The van der Waals surface area contributed by atoms with Gasteiger partial charge < -0.3 is 14.8 Å². The van der Waals surface area contributed by atoms with Crippen LogP contribution in [-0.2, 0) is 9.53 Å². The van der Waals surface area contributed by atoms with Crippen LogP contribution in [0.2, 0.25) is 5.02 Å². The average molecular weight is 436 g/mol. The van der Waals surface area contributed by atoms with Gasteiger partial charge in [0.2, 0.25) is 0 Å². The molecule has 0 aromatic heterocycles. The summed E-state index contributed by atoms with van der Waals surface area (Å²) in [6.07, 6.45) is 2.41. The number of benzene rings is 2. The maximum Gasteiger partial charge on any atom is 0.328 e. The summed E-state index contributed by atoms with van der Waals surface area (Å²) in [4.78, 5) is 25.0. The lowest BCUT2D eigenvalue weighted by Crippen LogP contribution is -2.42. The van der Waals surface area contributed by atoms with Gasteiger partial charge in [-0.05, 0) is 67.7 Å². The largest absolute Gasteiger partial charge is 0.490 e. The first kappa shape index (κ1) is 23.1. The highest BCUT2D eigenvalue weighted by molar-refractivity contribution is 7.98. The van der Waals surface area contributed by atoms with Crippen LogP contribution in [-0.4, -0.2) is 43.1 Å². The third kappa shape index (κ3) is 7.63. The van der Waals surface area contributed by atoms with Crippen molar-refractivity contribution in [1.29, 1.82) is 0 Å². The van der Waals surface area contributed by atoms with Gasteiger partial charge in [-0.2, -0.15) is 11.8 Å². The maximum absolute atomic E-state index is 12.5. The Morgan fingerprint density at radius 2 is 1.79 bits per heavy atom. The number of esters is 1. The standard InChI is InChI=1S/C22H26ClNO4S/c1-15-12-16(2)14-17(13-15)27-9-10-28-22(26)20(8-11-29-3)24-21(25)18-6-4-5-7-19(18)23/h4-7,12-14,20H,8-11H2,1-3H3,(H,24,25). The summed E-state index contributed by atoms with van der Waals surface area (Å²) in [6.45, 7) is 4.34. The first-order chi connectivity index (χ1) is 13.9. The van der Waals surface area contributed by atoms with Gasteiger partial charge in [-0.15, -0.1) is 0 Å². The fourth-order valence-electron chi connectivity index (χ4n) is 2.78. The number of ether oxygens (including phenoxy) is 2. The van der Waals surface area contributed by atoms with E-state index in [4.69, 9.17) is 21.1 Å². The van der Waals surface area contributed by atoms with Crippen LogP contribution in [0.1, 0.15) is 27.9 Å². The second-order valence-corrected chi connectivity index (χ2v) is 8.02. The Hall–Kier alpha value is -2.18. The Morgan fingerprint density at radius 1 is 1.10 bits per heavy atom. The maximum atomic E-state index is 12.5. The van der Waals surface area contributed by atoms with Crippen molar-refractivity contribution in [3.8, 4) is 5.75 Å². The molecule has 2 rings (SSSR count). The van der Waals surface area contributed by atoms with E-state index < -0.39 is 17.9 Å². The minimum Gasteiger partial charge on any atom is -0.490 e. The summed E-state index contributed by atoms with van der Waals surface area (Å²) in [6, 6.07) is 11.9. The number of nitrogens with one attached hydrogen (secondary N) is 1. The van der Waals surface area contributed by atoms with Crippen LogP contribution in [0.3, 0.4) is 0 Å². The number of thioether (sulfide) groups is 1. The van der Waals surface area contributed by atoms with Crippen molar-refractivity contribution in [2.45, 2.75) is 26.3 Å². The van der Waals surface area contributed by atoms with E-state index in [-0.39, 0.29) is 13.2 Å². The molecular weight excluding hydrogens is 410 g/mol. The number of rotatable bonds is 10. The minimum absolute atomic E-state index is 0.101. The normalized spacial score (nSPS) is 11.6. The average Bonchev–Trinajstić information content (AvgIpc) is 2.67. The van der Waals surface area contributed by atoms with E-state index in [9.17, 15) is 9.59 Å². The van der Waals surface area contributed by atoms with Crippen LogP contribution >= 0.6 is 23.4 Å². The molecule has 0 saturated heterocycles. The van der Waals surface area contributed by atoms with E-state index in [1.54, 1.807) is 36.0 Å². The van der Waals surface area contributed by atoms with Gasteiger partial charge in [-0.1, -0.05) is 29.8 Å². The van der Waals surface area contributed by atoms with Gasteiger partial charge in [-0.3, -0.25) is 4.79 Å². The number of aryl methyl sites for hydroxylation is 2. The predicted octanol–water partition coefficient (Wildman–Crippen LogP) is 4.43. The molecule has 0 heterocycles. The molecule has 1 amide bonds. The third-order valence-corrected chi connectivity index (χ3v) is 5.08. The summed E-state index contributed by atoms with van der Waals surface area (Å²) in [5, 5.41) is 3.07. The molecule has 0 radical (unpaired) electrons. The highest BCUT2D eigenvalue weighted by Gasteiger charge is 2.23. The molecule has 2 aromatic rings. The predicted molar refractivity (Wildman–Crippen MR) is 118 cm³/mol. The van der Waals surface area contributed by atoms with Crippen LogP contribution in [0.25, 0.3) is 0 Å². The number of hydrogen-bond acceptors (Lipinski definition) is 5. The van der Waals surface area contributed by atoms with Crippen LogP contribution in [0.15, 0.2) is 42.5 Å². The molecule has 0 bridgehead atoms. The van der Waals surface area contributed by atoms with Crippen molar-refractivity contribution in [3.63, 3.8) is 0 Å². The van der Waals surface area contributed by atoms with E-state index in [2.05, 4.69) is 11.4 Å². The molecule has 5 nitrogen and oxygen atoms in total. The SMILES string of the molecule is CSCCC(NC(=O)c1ccccc1Cl)C(=O)OCCOc1cc(C)cc(C)c1. The molecule has 0 aliphatic rings. The van der Waals surface area contributed by atoms with Gasteiger partial charge in [0.25, 0.3) is 5.91 Å². The molecule has 2 aromatic carbocycles. The van der Waals surface area contributed by atoms with E-state index >= 15 is 0 Å². The summed E-state index contributed by atoms with van der Waals surface area (Å²) in [5.74, 6) is 0.569. The summed E-state index contributed by atoms with van der Waals surface area (Å²) < 4.78 is 11.0. The number of carbonyl (C=O) groups excluding carboxylic acids is 2. The zero-order chi connectivity index (χ0) is 21.2. The van der Waals surface area contributed by atoms with Crippen molar-refractivity contribution in [2.75, 3.05) is 25.2 Å². The summed E-state index contributed by atoms with van der Waals surface area (Å²) >= 11 is 7.66. The van der Waals surface area contributed by atoms with E-state index in [0.717, 1.165) is 16.9 Å². The van der Waals surface area contributed by atoms with Gasteiger partial charge in [-0.25, -0.2) is 4.79 Å². The van der Waals surface area contributed by atoms with Gasteiger partial charge in [0.1, 0.15) is 25.0 Å². The number of carbonyl (C=O) groups is 2. The molecule has 1 unspecified atom stereocenters. The zero-order valence-corrected chi connectivity index (χ0v) is 18.4. The fraction of sp³-hybridized carbons (Fsp3) is 0.364. The fourth-order valence-corrected chi connectivity index (χ4v) is 3.48. The van der Waals surface area contributed by atoms with Gasteiger partial charge in [0, 0.05) is 0 Å². The van der Waals surface area contributed by atoms with Crippen LogP contribution < -0.4 is 10.1 Å². The lowest BCUT2D eigenvalue weighted by molar-refractivity contribution is -0.146. The Bertz CT molecular complexity index is 823. The van der Waals surface area contributed by atoms with Crippen LogP contribution in [0.5, 0.6) is 5.75 Å². The van der Waals surface area contributed by atoms with Gasteiger partial charge in [0.05, 0.1) is 10.6 Å². The Labute approximate surface area is 181 Å². The summed E-state index contributed by atoms with van der Waals surface area (Å²) in [5.41, 5.74) is 2.54. The summed E-state index contributed by atoms with van der Waals surface area (Å²) in [7, 11) is 0. The van der Waals surface area contributed by atoms with Crippen molar-refractivity contribution in [2.24, 2.45) is 0 Å². The van der Waals surface area contributed by atoms with Crippen molar-refractivity contribution >= 4 is 35.2 Å². The van der Waals surface area contributed by atoms with Gasteiger partial charge >= 0.3 is 5.97 Å². The van der Waals surface area contributed by atoms with Crippen molar-refractivity contribution in [1.82, 2.24) is 5.32 Å². The third-order valence-electron chi connectivity index (χ3n) is 4.11. The van der Waals surface area contributed by atoms with Crippen molar-refractivity contribution in [3.05, 3.63) is 64.2 Å². The molecular formula is C22H26ClNO4S. The first-order valence-electron chi connectivity index (χ1n) is 9.32. The minimum atomic E-state index is -0.743. The molecule has 0 saturated carbocycles. The lowest BCUT2D eigenvalue weighted by atomic mass is 10.1. The lowest BCUT2D eigenvalue weighted by Gasteiger charge is -2.18. The number of amides is 1. The monoisotopic (exact) mass is 435 g/mol. The molecule has 1 N–H and O–H groups in total. The highest BCUT2D eigenvalue weighted by Crippen LogP contribution is 2.17.